The number of halogens is 3. The molecule has 25 heavy (non-hydrogen) atoms. The number of hydrogen-bond acceptors (Lipinski definition) is 2. The fourth-order valence-electron chi connectivity index (χ4n) is 4.46. The highest BCUT2D eigenvalue weighted by molar-refractivity contribution is 5.79. The third kappa shape index (κ3) is 3.84. The molecule has 0 N–H and O–H groups in total. The van der Waals surface area contributed by atoms with Gasteiger partial charge < -0.3 is 9.64 Å². The molecule has 1 aliphatic heterocycles. The lowest BCUT2D eigenvalue weighted by atomic mass is 9.76. The van der Waals surface area contributed by atoms with Crippen LogP contribution in [0.25, 0.3) is 0 Å². The Morgan fingerprint density at radius 3 is 2.80 bits per heavy atom. The average molecular weight is 355 g/mol. The number of nitrogens with zero attached hydrogens (tertiary/aromatic N) is 1. The second kappa shape index (κ2) is 6.98. The lowest BCUT2D eigenvalue weighted by Crippen LogP contribution is -2.50. The number of piperidine rings is 1. The molecule has 2 aliphatic rings. The molecule has 6 heteroatoms. The molecule has 0 unspecified atom stereocenters. The quantitative estimate of drug-likeness (QED) is 0.818. The van der Waals surface area contributed by atoms with Crippen LogP contribution < -0.4 is 0 Å². The van der Waals surface area contributed by atoms with E-state index in [2.05, 4.69) is 0 Å². The number of benzene rings is 1. The van der Waals surface area contributed by atoms with Crippen molar-refractivity contribution < 1.29 is 22.7 Å². The molecule has 138 valence electrons. The van der Waals surface area contributed by atoms with Gasteiger partial charge in [-0.1, -0.05) is 24.6 Å². The highest BCUT2D eigenvalue weighted by Gasteiger charge is 2.46. The number of amides is 1. The summed E-state index contributed by atoms with van der Waals surface area (Å²) in [6.07, 6.45) is 0.963. The number of carbonyl (C=O) groups is 1. The van der Waals surface area contributed by atoms with Crippen molar-refractivity contribution in [1.29, 1.82) is 0 Å². The molecule has 1 amide bonds. The summed E-state index contributed by atoms with van der Waals surface area (Å²) in [7, 11) is 1.72. The normalized spacial score (nSPS) is 27.0. The molecular formula is C19H24F3NO2. The summed E-state index contributed by atoms with van der Waals surface area (Å²) in [6.45, 7) is 1.33. The Morgan fingerprint density at radius 2 is 2.08 bits per heavy atom. The average Bonchev–Trinajstić information content (AvgIpc) is 2.96. The van der Waals surface area contributed by atoms with Gasteiger partial charge in [-0.05, 0) is 37.3 Å². The van der Waals surface area contributed by atoms with E-state index in [4.69, 9.17) is 4.74 Å². The molecule has 1 aromatic rings. The third-order valence-electron chi connectivity index (χ3n) is 5.68. The Morgan fingerprint density at radius 1 is 1.32 bits per heavy atom. The molecular weight excluding hydrogens is 331 g/mol. The molecule has 2 fully saturated rings. The van der Waals surface area contributed by atoms with E-state index >= 15 is 0 Å². The Kier molecular flexibility index (Phi) is 5.09. The van der Waals surface area contributed by atoms with Crippen molar-refractivity contribution in [3.8, 4) is 0 Å². The van der Waals surface area contributed by atoms with E-state index in [1.54, 1.807) is 13.2 Å². The first kappa shape index (κ1) is 18.2. The van der Waals surface area contributed by atoms with Gasteiger partial charge in [0.05, 0.1) is 18.1 Å². The van der Waals surface area contributed by atoms with Crippen LogP contribution in [0.3, 0.4) is 0 Å². The molecule has 0 aromatic heterocycles. The topological polar surface area (TPSA) is 29.5 Å². The van der Waals surface area contributed by atoms with Crippen LogP contribution in [0.1, 0.15) is 43.2 Å². The van der Waals surface area contributed by atoms with Gasteiger partial charge in [-0.2, -0.15) is 13.2 Å². The Balaban J connectivity index is 1.69. The summed E-state index contributed by atoms with van der Waals surface area (Å²) < 4.78 is 44.1. The Bertz CT molecular complexity index is 631. The fourth-order valence-corrected chi connectivity index (χ4v) is 4.46. The van der Waals surface area contributed by atoms with Gasteiger partial charge in [-0.15, -0.1) is 0 Å². The van der Waals surface area contributed by atoms with Gasteiger partial charge in [-0.25, -0.2) is 0 Å². The number of likely N-dealkylation sites (tertiary alicyclic amines) is 1. The van der Waals surface area contributed by atoms with Gasteiger partial charge in [0.2, 0.25) is 5.91 Å². The molecule has 0 radical (unpaired) electrons. The van der Waals surface area contributed by atoms with Crippen molar-refractivity contribution in [2.45, 2.75) is 50.8 Å². The summed E-state index contributed by atoms with van der Waals surface area (Å²) in [6, 6.07) is 5.05. The van der Waals surface area contributed by atoms with Crippen molar-refractivity contribution in [2.75, 3.05) is 20.2 Å². The second-order valence-electron chi connectivity index (χ2n) is 7.27. The molecule has 1 aliphatic carbocycles. The van der Waals surface area contributed by atoms with Crippen molar-refractivity contribution in [3.05, 3.63) is 35.4 Å². The highest BCUT2D eigenvalue weighted by atomic mass is 19.4. The zero-order valence-electron chi connectivity index (χ0n) is 14.4. The number of carbonyl (C=O) groups excluding carboxylic acids is 1. The largest absolute Gasteiger partial charge is 0.416 e. The smallest absolute Gasteiger partial charge is 0.381 e. The van der Waals surface area contributed by atoms with Crippen LogP contribution in [0, 0.1) is 5.41 Å². The first-order valence-electron chi connectivity index (χ1n) is 8.81. The predicted molar refractivity (Wildman–Crippen MR) is 88.0 cm³/mol. The van der Waals surface area contributed by atoms with Crippen LogP contribution in [-0.2, 0) is 22.1 Å². The Hall–Kier alpha value is -1.56. The fraction of sp³-hybridized carbons (Fsp3) is 0.632. The van der Waals surface area contributed by atoms with Crippen molar-refractivity contribution >= 4 is 5.91 Å². The summed E-state index contributed by atoms with van der Waals surface area (Å²) in [5.74, 6) is -0.0971. The van der Waals surface area contributed by atoms with Gasteiger partial charge in [0.25, 0.3) is 0 Å². The van der Waals surface area contributed by atoms with E-state index in [0.717, 1.165) is 44.2 Å². The number of alkyl halides is 3. The van der Waals surface area contributed by atoms with Crippen LogP contribution in [0.5, 0.6) is 0 Å². The maximum Gasteiger partial charge on any atom is 0.416 e. The lowest BCUT2D eigenvalue weighted by Gasteiger charge is -2.43. The summed E-state index contributed by atoms with van der Waals surface area (Å²) >= 11 is 0. The highest BCUT2D eigenvalue weighted by Crippen LogP contribution is 2.46. The molecule has 0 bridgehead atoms. The second-order valence-corrected chi connectivity index (χ2v) is 7.27. The van der Waals surface area contributed by atoms with Crippen LogP contribution >= 0.6 is 0 Å². The predicted octanol–water partition coefficient (Wildman–Crippen LogP) is 4.06. The van der Waals surface area contributed by atoms with Crippen LogP contribution in [0.4, 0.5) is 13.2 Å². The van der Waals surface area contributed by atoms with Crippen LogP contribution in [0.2, 0.25) is 0 Å². The van der Waals surface area contributed by atoms with Gasteiger partial charge in [0.15, 0.2) is 0 Å². The minimum absolute atomic E-state index is 0.0116. The minimum Gasteiger partial charge on any atom is -0.381 e. The number of rotatable bonds is 3. The Labute approximate surface area is 146 Å². The van der Waals surface area contributed by atoms with Gasteiger partial charge in [-0.3, -0.25) is 4.79 Å². The van der Waals surface area contributed by atoms with Crippen molar-refractivity contribution in [1.82, 2.24) is 4.90 Å². The van der Waals surface area contributed by atoms with E-state index in [9.17, 15) is 18.0 Å². The molecule has 1 spiro atoms. The number of hydrogen-bond donors (Lipinski definition) is 0. The molecule has 1 aromatic carbocycles. The standard InChI is InChI=1S/C19H24F3NO2/c1-25-16-7-3-8-18(16)9-4-10-23(13-18)17(24)12-14-5-2-6-15(11-14)19(20,21)22/h2,5-6,11,16H,3-4,7-10,12-13H2,1H3/t16-,18+/m1/s1. The van der Waals surface area contributed by atoms with E-state index in [-0.39, 0.29) is 23.8 Å². The van der Waals surface area contributed by atoms with Crippen LogP contribution in [0.15, 0.2) is 24.3 Å². The van der Waals surface area contributed by atoms with Crippen LogP contribution in [-0.4, -0.2) is 37.1 Å². The first-order chi connectivity index (χ1) is 11.8. The van der Waals surface area contributed by atoms with Gasteiger partial charge in [0, 0.05) is 25.6 Å². The zero-order valence-corrected chi connectivity index (χ0v) is 14.4. The summed E-state index contributed by atoms with van der Waals surface area (Å²) in [4.78, 5) is 14.5. The zero-order chi connectivity index (χ0) is 18.1. The molecule has 1 saturated carbocycles. The maximum absolute atomic E-state index is 12.8. The molecule has 3 rings (SSSR count). The van der Waals surface area contributed by atoms with Crippen molar-refractivity contribution in [2.24, 2.45) is 5.41 Å². The third-order valence-corrected chi connectivity index (χ3v) is 5.68. The van der Waals surface area contributed by atoms with E-state index < -0.39 is 11.7 Å². The first-order valence-corrected chi connectivity index (χ1v) is 8.81. The van der Waals surface area contributed by atoms with Gasteiger partial charge >= 0.3 is 6.18 Å². The molecule has 1 saturated heterocycles. The van der Waals surface area contributed by atoms with Gasteiger partial charge in [0.1, 0.15) is 0 Å². The number of ether oxygens (including phenoxy) is 1. The maximum atomic E-state index is 12.8. The minimum atomic E-state index is -4.39. The molecule has 1 heterocycles. The molecule has 3 nitrogen and oxygen atoms in total. The SMILES string of the molecule is CO[C@@H]1CCC[C@@]12CCCN(C(=O)Cc1cccc(C(F)(F)F)c1)C2. The monoisotopic (exact) mass is 355 g/mol. The summed E-state index contributed by atoms with van der Waals surface area (Å²) in [5, 5.41) is 0. The lowest BCUT2D eigenvalue weighted by molar-refractivity contribution is -0.138. The van der Waals surface area contributed by atoms with E-state index in [0.29, 0.717) is 18.7 Å². The summed E-state index contributed by atoms with van der Waals surface area (Å²) in [5.41, 5.74) is -0.270. The molecule has 2 atom stereocenters. The number of methoxy groups -OCH3 is 1. The van der Waals surface area contributed by atoms with Crippen molar-refractivity contribution in [3.63, 3.8) is 0 Å². The van der Waals surface area contributed by atoms with E-state index in [1.165, 1.54) is 6.07 Å². The van der Waals surface area contributed by atoms with E-state index in [1.807, 2.05) is 4.90 Å².